The summed E-state index contributed by atoms with van der Waals surface area (Å²) in [6.07, 6.45) is 3.53. The van der Waals surface area contributed by atoms with Gasteiger partial charge in [-0.25, -0.2) is 0 Å². The minimum absolute atomic E-state index is 0.425. The number of rotatable bonds is 1. The van der Waals surface area contributed by atoms with Gasteiger partial charge in [0.2, 0.25) is 0 Å². The second kappa shape index (κ2) is 3.75. The molecule has 1 heterocycles. The van der Waals surface area contributed by atoms with Gasteiger partial charge in [-0.05, 0) is 31.2 Å². The Balaban J connectivity index is 2.32. The molecule has 0 aromatic rings. The fourth-order valence-electron chi connectivity index (χ4n) is 1.93. The van der Waals surface area contributed by atoms with E-state index in [4.69, 9.17) is 5.73 Å². The highest BCUT2D eigenvalue weighted by molar-refractivity contribution is 4.83. The molecule has 0 aromatic carbocycles. The fourth-order valence-corrected chi connectivity index (χ4v) is 1.93. The van der Waals surface area contributed by atoms with E-state index >= 15 is 0 Å². The number of hydrogen-bond donors (Lipinski definition) is 2. The lowest BCUT2D eigenvalue weighted by Gasteiger charge is -2.32. The van der Waals surface area contributed by atoms with Gasteiger partial charge in [-0.2, -0.15) is 0 Å². The van der Waals surface area contributed by atoms with E-state index in [1.54, 1.807) is 0 Å². The van der Waals surface area contributed by atoms with Crippen LogP contribution in [0.1, 0.15) is 40.0 Å². The Morgan fingerprint density at radius 1 is 1.42 bits per heavy atom. The number of hydrogen-bond acceptors (Lipinski definition) is 2. The SMILES string of the molecule is CC(C)(C)C[C@@H]1C[C@@H](N)CCN1. The molecule has 0 amide bonds. The molecule has 0 aromatic heterocycles. The first-order chi connectivity index (χ1) is 5.47. The largest absolute Gasteiger partial charge is 0.328 e. The lowest BCUT2D eigenvalue weighted by Crippen LogP contribution is -2.45. The Bertz CT molecular complexity index is 137. The summed E-state index contributed by atoms with van der Waals surface area (Å²) in [5.41, 5.74) is 6.33. The Morgan fingerprint density at radius 3 is 2.58 bits per heavy atom. The van der Waals surface area contributed by atoms with Gasteiger partial charge in [0.15, 0.2) is 0 Å². The molecular weight excluding hydrogens is 148 g/mol. The van der Waals surface area contributed by atoms with Gasteiger partial charge in [-0.3, -0.25) is 0 Å². The van der Waals surface area contributed by atoms with Crippen molar-refractivity contribution in [3.05, 3.63) is 0 Å². The van der Waals surface area contributed by atoms with Gasteiger partial charge in [0, 0.05) is 12.1 Å². The first kappa shape index (κ1) is 10.0. The van der Waals surface area contributed by atoms with E-state index in [1.165, 1.54) is 6.42 Å². The molecule has 1 aliphatic rings. The van der Waals surface area contributed by atoms with Crippen LogP contribution in [0.3, 0.4) is 0 Å². The lowest BCUT2D eigenvalue weighted by atomic mass is 9.84. The van der Waals surface area contributed by atoms with Crippen molar-refractivity contribution in [2.75, 3.05) is 6.54 Å². The van der Waals surface area contributed by atoms with Crippen LogP contribution in [0, 0.1) is 5.41 Å². The molecular formula is C10H22N2. The van der Waals surface area contributed by atoms with Crippen molar-refractivity contribution in [2.24, 2.45) is 11.1 Å². The lowest BCUT2D eigenvalue weighted by molar-refractivity contribution is 0.260. The van der Waals surface area contributed by atoms with Crippen LogP contribution in [0.25, 0.3) is 0 Å². The molecule has 1 saturated heterocycles. The predicted molar refractivity (Wildman–Crippen MR) is 53.1 cm³/mol. The van der Waals surface area contributed by atoms with Crippen molar-refractivity contribution in [3.8, 4) is 0 Å². The minimum atomic E-state index is 0.425. The fraction of sp³-hybridized carbons (Fsp3) is 1.00. The molecule has 0 unspecified atom stereocenters. The summed E-state index contributed by atoms with van der Waals surface area (Å²) in [6.45, 7) is 7.96. The maximum atomic E-state index is 5.90. The number of piperidine rings is 1. The molecule has 72 valence electrons. The van der Waals surface area contributed by atoms with Crippen molar-refractivity contribution in [1.29, 1.82) is 0 Å². The third kappa shape index (κ3) is 3.55. The summed E-state index contributed by atoms with van der Waals surface area (Å²) in [4.78, 5) is 0. The van der Waals surface area contributed by atoms with Crippen LogP contribution in [0.2, 0.25) is 0 Å². The summed E-state index contributed by atoms with van der Waals surface area (Å²) in [5.74, 6) is 0. The standard InChI is InChI=1S/C10H22N2/c1-10(2,3)7-9-6-8(11)4-5-12-9/h8-9,12H,4-7,11H2,1-3H3/t8-,9-/m0/s1. The highest BCUT2D eigenvalue weighted by Gasteiger charge is 2.23. The second-order valence-corrected chi connectivity index (χ2v) is 5.20. The monoisotopic (exact) mass is 170 g/mol. The second-order valence-electron chi connectivity index (χ2n) is 5.20. The van der Waals surface area contributed by atoms with Crippen molar-refractivity contribution in [3.63, 3.8) is 0 Å². The Kier molecular flexibility index (Phi) is 3.13. The van der Waals surface area contributed by atoms with Crippen LogP contribution < -0.4 is 11.1 Å². The summed E-state index contributed by atoms with van der Waals surface area (Å²) in [7, 11) is 0. The van der Waals surface area contributed by atoms with Crippen molar-refractivity contribution < 1.29 is 0 Å². The summed E-state index contributed by atoms with van der Waals surface area (Å²) >= 11 is 0. The van der Waals surface area contributed by atoms with Gasteiger partial charge in [-0.15, -0.1) is 0 Å². The molecule has 0 bridgehead atoms. The molecule has 3 N–H and O–H groups in total. The van der Waals surface area contributed by atoms with Crippen molar-refractivity contribution in [1.82, 2.24) is 5.32 Å². The number of nitrogens with one attached hydrogen (secondary N) is 1. The van der Waals surface area contributed by atoms with E-state index in [9.17, 15) is 0 Å². The topological polar surface area (TPSA) is 38.0 Å². The maximum absolute atomic E-state index is 5.90. The average Bonchev–Trinajstić information content (AvgIpc) is 1.82. The zero-order chi connectivity index (χ0) is 9.19. The first-order valence-electron chi connectivity index (χ1n) is 4.96. The molecule has 12 heavy (non-hydrogen) atoms. The summed E-state index contributed by atoms with van der Waals surface area (Å²) in [5, 5.41) is 3.53. The zero-order valence-electron chi connectivity index (χ0n) is 8.56. The smallest absolute Gasteiger partial charge is 0.00867 e. The molecule has 1 rings (SSSR count). The van der Waals surface area contributed by atoms with E-state index in [0.29, 0.717) is 17.5 Å². The molecule has 2 heteroatoms. The summed E-state index contributed by atoms with van der Waals surface area (Å²) in [6, 6.07) is 1.08. The van der Waals surface area contributed by atoms with E-state index in [-0.39, 0.29) is 0 Å². The van der Waals surface area contributed by atoms with Crippen LogP contribution in [0.4, 0.5) is 0 Å². The van der Waals surface area contributed by atoms with Gasteiger partial charge in [0.05, 0.1) is 0 Å². The van der Waals surface area contributed by atoms with Gasteiger partial charge >= 0.3 is 0 Å². The molecule has 2 nitrogen and oxygen atoms in total. The van der Waals surface area contributed by atoms with Crippen LogP contribution >= 0.6 is 0 Å². The van der Waals surface area contributed by atoms with Gasteiger partial charge < -0.3 is 11.1 Å². The highest BCUT2D eigenvalue weighted by atomic mass is 14.9. The van der Waals surface area contributed by atoms with Crippen molar-refractivity contribution >= 4 is 0 Å². The van der Waals surface area contributed by atoms with E-state index in [0.717, 1.165) is 19.4 Å². The van der Waals surface area contributed by atoms with Crippen LogP contribution in [-0.2, 0) is 0 Å². The van der Waals surface area contributed by atoms with Crippen LogP contribution in [0.5, 0.6) is 0 Å². The third-order valence-electron chi connectivity index (χ3n) is 2.39. The van der Waals surface area contributed by atoms with E-state index < -0.39 is 0 Å². The van der Waals surface area contributed by atoms with Crippen molar-refractivity contribution in [2.45, 2.75) is 52.1 Å². The normalized spacial score (nSPS) is 32.0. The Labute approximate surface area is 75.9 Å². The molecule has 1 fully saturated rings. The van der Waals surface area contributed by atoms with E-state index in [2.05, 4.69) is 26.1 Å². The van der Waals surface area contributed by atoms with Gasteiger partial charge in [-0.1, -0.05) is 20.8 Å². The maximum Gasteiger partial charge on any atom is 0.00867 e. The average molecular weight is 170 g/mol. The molecule has 2 atom stereocenters. The zero-order valence-corrected chi connectivity index (χ0v) is 8.56. The van der Waals surface area contributed by atoms with Crippen LogP contribution in [-0.4, -0.2) is 18.6 Å². The molecule has 0 spiro atoms. The third-order valence-corrected chi connectivity index (χ3v) is 2.39. The Morgan fingerprint density at radius 2 is 2.08 bits per heavy atom. The first-order valence-corrected chi connectivity index (χ1v) is 4.96. The predicted octanol–water partition coefficient (Wildman–Crippen LogP) is 1.50. The molecule has 0 aliphatic carbocycles. The number of nitrogens with two attached hydrogens (primary N) is 1. The van der Waals surface area contributed by atoms with Gasteiger partial charge in [0.25, 0.3) is 0 Å². The molecule has 1 aliphatic heterocycles. The highest BCUT2D eigenvalue weighted by Crippen LogP contribution is 2.24. The molecule has 0 radical (unpaired) electrons. The van der Waals surface area contributed by atoms with Gasteiger partial charge in [0.1, 0.15) is 0 Å². The minimum Gasteiger partial charge on any atom is -0.328 e. The summed E-state index contributed by atoms with van der Waals surface area (Å²) < 4.78 is 0. The molecule has 0 saturated carbocycles. The van der Waals surface area contributed by atoms with E-state index in [1.807, 2.05) is 0 Å². The van der Waals surface area contributed by atoms with Crippen LogP contribution in [0.15, 0.2) is 0 Å². The quantitative estimate of drug-likeness (QED) is 0.626. The Hall–Kier alpha value is -0.0800.